The Bertz CT molecular complexity index is 1330. The van der Waals surface area contributed by atoms with E-state index < -0.39 is 17.5 Å². The summed E-state index contributed by atoms with van der Waals surface area (Å²) in [7, 11) is 1.61. The molecule has 1 aromatic carbocycles. The maximum Gasteiger partial charge on any atom is 0.323 e. The Hall–Kier alpha value is -3.94. The van der Waals surface area contributed by atoms with Gasteiger partial charge in [-0.25, -0.2) is 4.79 Å². The lowest BCUT2D eigenvalue weighted by molar-refractivity contribution is -0.128. The molecular weight excluding hydrogens is 496 g/mol. The number of urea groups is 1. The van der Waals surface area contributed by atoms with Crippen molar-refractivity contribution in [1.82, 2.24) is 25.8 Å². The first-order valence-electron chi connectivity index (χ1n) is 13.2. The largest absolute Gasteiger partial charge is 0.377 e. The number of nitrogens with zero attached hydrogens (tertiary/aromatic N) is 2. The summed E-state index contributed by atoms with van der Waals surface area (Å²) in [5.41, 5.74) is 1.39. The van der Waals surface area contributed by atoms with Crippen LogP contribution in [0.25, 0.3) is 0 Å². The van der Waals surface area contributed by atoms with Crippen molar-refractivity contribution in [2.75, 3.05) is 33.3 Å². The second-order valence-corrected chi connectivity index (χ2v) is 10.7. The summed E-state index contributed by atoms with van der Waals surface area (Å²) in [4.78, 5) is 42.1. The van der Waals surface area contributed by atoms with Crippen LogP contribution in [0.5, 0.6) is 0 Å². The Kier molecular flexibility index (Phi) is 7.05. The van der Waals surface area contributed by atoms with Gasteiger partial charge in [0.25, 0.3) is 11.8 Å². The molecule has 3 aliphatic heterocycles. The molecule has 10 nitrogen and oxygen atoms in total. The molecule has 3 heterocycles. The van der Waals surface area contributed by atoms with Crippen molar-refractivity contribution < 1.29 is 19.1 Å². The van der Waals surface area contributed by atoms with E-state index in [2.05, 4.69) is 46.5 Å². The SMILES string of the molecule is COC1C=CC2=C(C(=O)N(CC3(C#Cc4ccc(C(=N)N5C(C)CNCC5C)cc4)NC(=O)NC3=O)C2)C1C. The average Bonchev–Trinajstić information content (AvgIpc) is 3.37. The lowest BCUT2D eigenvalue weighted by atomic mass is 9.87. The number of benzene rings is 1. The molecule has 4 N–H and O–H groups in total. The van der Waals surface area contributed by atoms with Crippen LogP contribution in [0.15, 0.2) is 47.6 Å². The summed E-state index contributed by atoms with van der Waals surface area (Å²) in [6, 6.07) is 7.06. The average molecular weight is 531 g/mol. The molecule has 0 spiro atoms. The van der Waals surface area contributed by atoms with Gasteiger partial charge in [-0.2, -0.15) is 0 Å². The molecule has 1 aliphatic carbocycles. The number of ether oxygens (including phenoxy) is 1. The molecule has 0 radical (unpaired) electrons. The van der Waals surface area contributed by atoms with Gasteiger partial charge in [-0.3, -0.25) is 20.3 Å². The van der Waals surface area contributed by atoms with Crippen molar-refractivity contribution in [3.05, 3.63) is 58.7 Å². The second kappa shape index (κ2) is 10.3. The number of carbonyl (C=O) groups excluding carboxylic acids is 3. The maximum atomic E-state index is 13.3. The molecule has 4 aliphatic rings. The number of nitrogens with one attached hydrogen (secondary N) is 4. The second-order valence-electron chi connectivity index (χ2n) is 10.7. The summed E-state index contributed by atoms with van der Waals surface area (Å²) in [5, 5.41) is 17.0. The minimum atomic E-state index is -1.58. The van der Waals surface area contributed by atoms with Crippen molar-refractivity contribution in [3.63, 3.8) is 0 Å². The number of amidine groups is 1. The number of methoxy groups -OCH3 is 1. The van der Waals surface area contributed by atoms with Gasteiger partial charge in [0.15, 0.2) is 0 Å². The number of carbonyl (C=O) groups is 3. The van der Waals surface area contributed by atoms with Crippen molar-refractivity contribution >= 4 is 23.7 Å². The summed E-state index contributed by atoms with van der Waals surface area (Å²) >= 11 is 0. The number of hydrogen-bond acceptors (Lipinski definition) is 6. The molecule has 4 amide bonds. The minimum Gasteiger partial charge on any atom is -0.377 e. The molecule has 5 rings (SSSR count). The van der Waals surface area contributed by atoms with E-state index in [0.717, 1.165) is 24.2 Å². The van der Waals surface area contributed by atoms with Crippen LogP contribution in [0.4, 0.5) is 4.79 Å². The van der Waals surface area contributed by atoms with Gasteiger partial charge in [-0.15, -0.1) is 0 Å². The highest BCUT2D eigenvalue weighted by Crippen LogP contribution is 2.34. The third kappa shape index (κ3) is 4.84. The molecule has 2 saturated heterocycles. The van der Waals surface area contributed by atoms with Gasteiger partial charge in [-0.1, -0.05) is 43.0 Å². The zero-order valence-electron chi connectivity index (χ0n) is 22.6. The molecule has 39 heavy (non-hydrogen) atoms. The van der Waals surface area contributed by atoms with Gasteiger partial charge in [0.1, 0.15) is 5.84 Å². The smallest absolute Gasteiger partial charge is 0.323 e. The van der Waals surface area contributed by atoms with E-state index >= 15 is 0 Å². The topological polar surface area (TPSA) is 127 Å². The molecule has 204 valence electrons. The first kappa shape index (κ1) is 26.7. The normalized spacial score (nSPS) is 30.1. The minimum absolute atomic E-state index is 0.0802. The highest BCUT2D eigenvalue weighted by Gasteiger charge is 2.49. The van der Waals surface area contributed by atoms with Crippen molar-refractivity contribution in [1.29, 1.82) is 5.41 Å². The molecule has 0 bridgehead atoms. The molecule has 5 atom stereocenters. The van der Waals surface area contributed by atoms with Crippen LogP contribution in [0.3, 0.4) is 0 Å². The Labute approximate surface area is 228 Å². The van der Waals surface area contributed by atoms with Gasteiger partial charge in [-0.05, 0) is 31.6 Å². The number of amides is 4. The first-order chi connectivity index (χ1) is 18.6. The number of imide groups is 1. The Morgan fingerprint density at radius 1 is 1.13 bits per heavy atom. The fourth-order valence-electron chi connectivity index (χ4n) is 5.88. The van der Waals surface area contributed by atoms with Crippen LogP contribution >= 0.6 is 0 Å². The highest BCUT2D eigenvalue weighted by atomic mass is 16.5. The summed E-state index contributed by atoms with van der Waals surface area (Å²) in [5.74, 6) is 5.54. The zero-order chi connectivity index (χ0) is 27.9. The van der Waals surface area contributed by atoms with Crippen molar-refractivity contribution in [2.45, 2.75) is 44.5 Å². The number of hydrogen-bond donors (Lipinski definition) is 4. The van der Waals surface area contributed by atoms with Crippen molar-refractivity contribution in [3.8, 4) is 11.8 Å². The summed E-state index contributed by atoms with van der Waals surface area (Å²) in [6.45, 7) is 8.04. The zero-order valence-corrected chi connectivity index (χ0v) is 22.6. The molecular formula is C29H34N6O4. The molecule has 5 unspecified atom stereocenters. The fraction of sp³-hybridized carbons (Fsp3) is 0.448. The van der Waals surface area contributed by atoms with E-state index in [9.17, 15) is 14.4 Å². The molecule has 10 heteroatoms. The van der Waals surface area contributed by atoms with Crippen LogP contribution in [0.1, 0.15) is 31.9 Å². The molecule has 0 aromatic heterocycles. The summed E-state index contributed by atoms with van der Waals surface area (Å²) < 4.78 is 5.48. The van der Waals surface area contributed by atoms with Gasteiger partial charge in [0.05, 0.1) is 12.6 Å². The van der Waals surface area contributed by atoms with E-state index in [-0.39, 0.29) is 36.6 Å². The van der Waals surface area contributed by atoms with Gasteiger partial charge in [0.2, 0.25) is 5.54 Å². The maximum absolute atomic E-state index is 13.3. The van der Waals surface area contributed by atoms with E-state index in [1.54, 1.807) is 24.1 Å². The lowest BCUT2D eigenvalue weighted by Crippen LogP contribution is -2.57. The van der Waals surface area contributed by atoms with E-state index in [1.165, 1.54) is 0 Å². The summed E-state index contributed by atoms with van der Waals surface area (Å²) in [6.07, 6.45) is 3.64. The van der Waals surface area contributed by atoms with Crippen LogP contribution in [-0.4, -0.2) is 90.5 Å². The predicted octanol–water partition coefficient (Wildman–Crippen LogP) is 0.984. The fourth-order valence-corrected chi connectivity index (χ4v) is 5.88. The number of piperazine rings is 1. The quantitative estimate of drug-likeness (QED) is 0.199. The lowest BCUT2D eigenvalue weighted by Gasteiger charge is -2.41. The molecule has 0 saturated carbocycles. The molecule has 2 fully saturated rings. The van der Waals surface area contributed by atoms with E-state index in [0.29, 0.717) is 23.5 Å². The van der Waals surface area contributed by atoms with Crippen LogP contribution < -0.4 is 16.0 Å². The van der Waals surface area contributed by atoms with E-state index in [1.807, 2.05) is 31.2 Å². The van der Waals surface area contributed by atoms with Gasteiger partial charge < -0.3 is 25.2 Å². The van der Waals surface area contributed by atoms with Crippen LogP contribution in [0, 0.1) is 23.2 Å². The highest BCUT2D eigenvalue weighted by molar-refractivity contribution is 6.10. The Balaban J connectivity index is 1.35. The standard InChI is InChI=1S/C29H34N6O4/c1-17-13-31-14-18(2)35(17)25(30)21-7-5-20(6-8-21)11-12-29(27(37)32-28(38)33-29)16-34-15-22-9-10-23(39-4)19(3)24(22)26(34)36/h5-10,17-19,23,30-31H,13-16H2,1-4H3,(H2,32,33,37,38). The van der Waals surface area contributed by atoms with Crippen LogP contribution in [-0.2, 0) is 14.3 Å². The number of rotatable bonds is 4. The van der Waals surface area contributed by atoms with E-state index in [4.69, 9.17) is 10.1 Å². The third-order valence-electron chi connectivity index (χ3n) is 7.97. The molecule has 1 aromatic rings. The monoisotopic (exact) mass is 530 g/mol. The predicted molar refractivity (Wildman–Crippen MR) is 146 cm³/mol. The van der Waals surface area contributed by atoms with Crippen LogP contribution in [0.2, 0.25) is 0 Å². The Morgan fingerprint density at radius 3 is 2.44 bits per heavy atom. The first-order valence-corrected chi connectivity index (χ1v) is 13.2. The van der Waals surface area contributed by atoms with Gasteiger partial charge >= 0.3 is 6.03 Å². The van der Waals surface area contributed by atoms with Gasteiger partial charge in [0, 0.05) is 61.4 Å². The Morgan fingerprint density at radius 2 is 1.82 bits per heavy atom. The van der Waals surface area contributed by atoms with Crippen molar-refractivity contribution in [2.24, 2.45) is 5.92 Å². The third-order valence-corrected chi connectivity index (χ3v) is 7.97.